The van der Waals surface area contributed by atoms with Crippen LogP contribution in [0.3, 0.4) is 0 Å². The van der Waals surface area contributed by atoms with Crippen molar-refractivity contribution < 1.29 is 4.79 Å². The van der Waals surface area contributed by atoms with E-state index in [9.17, 15) is 9.59 Å². The summed E-state index contributed by atoms with van der Waals surface area (Å²) in [6.07, 6.45) is 0.121. The number of thioether (sulfide) groups is 1. The van der Waals surface area contributed by atoms with Crippen molar-refractivity contribution in [2.45, 2.75) is 31.2 Å². The van der Waals surface area contributed by atoms with Crippen LogP contribution in [0.2, 0.25) is 0 Å². The monoisotopic (exact) mass is 331 g/mol. The van der Waals surface area contributed by atoms with Crippen LogP contribution in [0.5, 0.6) is 0 Å². The van der Waals surface area contributed by atoms with Gasteiger partial charge in [0.05, 0.1) is 12.1 Å². The molecule has 1 amide bonds. The maximum Gasteiger partial charge on any atom is 0.251 e. The van der Waals surface area contributed by atoms with Gasteiger partial charge in [-0.2, -0.15) is 0 Å². The number of carbonyl (C=O) groups is 1. The number of aromatic amines is 1. The van der Waals surface area contributed by atoms with Gasteiger partial charge in [0.25, 0.3) is 5.56 Å². The Hall–Kier alpha value is -2.08. The molecule has 23 heavy (non-hydrogen) atoms. The van der Waals surface area contributed by atoms with Crippen LogP contribution in [-0.2, 0) is 17.0 Å². The van der Waals surface area contributed by atoms with Crippen LogP contribution < -0.4 is 10.9 Å². The van der Waals surface area contributed by atoms with Crippen molar-refractivity contribution in [2.24, 2.45) is 5.92 Å². The van der Waals surface area contributed by atoms with Crippen molar-refractivity contribution in [1.82, 2.24) is 15.3 Å². The zero-order chi connectivity index (χ0) is 16.7. The molecule has 2 rings (SSSR count). The number of hydrogen-bond acceptors (Lipinski definition) is 4. The summed E-state index contributed by atoms with van der Waals surface area (Å²) in [5, 5.41) is 3.36. The van der Waals surface area contributed by atoms with Gasteiger partial charge in [-0.15, -0.1) is 0 Å². The van der Waals surface area contributed by atoms with E-state index in [1.165, 1.54) is 17.8 Å². The summed E-state index contributed by atoms with van der Waals surface area (Å²) in [7, 11) is 0. The Kier molecular flexibility index (Phi) is 6.40. The van der Waals surface area contributed by atoms with Gasteiger partial charge in [-0.05, 0) is 11.5 Å². The highest BCUT2D eigenvalue weighted by molar-refractivity contribution is 7.98. The molecule has 0 fully saturated rings. The standard InChI is InChI=1S/C17H21N3O2S/c1-12(2)10-18-15(21)8-14-9-16(22)20-17(19-14)23-11-13-6-4-3-5-7-13/h3-7,9,12H,8,10-11H2,1-2H3,(H,18,21)(H,19,20,22). The first kappa shape index (κ1) is 17.3. The quantitative estimate of drug-likeness (QED) is 0.603. The average molecular weight is 331 g/mol. The molecular formula is C17H21N3O2S. The summed E-state index contributed by atoms with van der Waals surface area (Å²) in [6.45, 7) is 4.69. The Morgan fingerprint density at radius 2 is 2.04 bits per heavy atom. The third-order valence-corrected chi connectivity index (χ3v) is 3.98. The highest BCUT2D eigenvalue weighted by Gasteiger charge is 2.08. The summed E-state index contributed by atoms with van der Waals surface area (Å²) in [5.41, 5.74) is 1.41. The largest absolute Gasteiger partial charge is 0.356 e. The molecule has 5 nitrogen and oxygen atoms in total. The number of benzene rings is 1. The Morgan fingerprint density at radius 3 is 2.74 bits per heavy atom. The van der Waals surface area contributed by atoms with Crippen molar-refractivity contribution >= 4 is 17.7 Å². The molecule has 2 aromatic rings. The minimum Gasteiger partial charge on any atom is -0.356 e. The molecule has 1 aromatic carbocycles. The van der Waals surface area contributed by atoms with E-state index in [-0.39, 0.29) is 17.9 Å². The van der Waals surface area contributed by atoms with Gasteiger partial charge in [-0.25, -0.2) is 4.98 Å². The second-order valence-electron chi connectivity index (χ2n) is 5.69. The topological polar surface area (TPSA) is 74.8 Å². The van der Waals surface area contributed by atoms with E-state index in [4.69, 9.17) is 0 Å². The van der Waals surface area contributed by atoms with Gasteiger partial charge in [-0.3, -0.25) is 9.59 Å². The molecule has 0 radical (unpaired) electrons. The Morgan fingerprint density at radius 1 is 1.30 bits per heavy atom. The molecule has 0 aliphatic carbocycles. The van der Waals surface area contributed by atoms with Crippen LogP contribution >= 0.6 is 11.8 Å². The molecule has 0 saturated heterocycles. The molecule has 1 aromatic heterocycles. The number of carbonyl (C=O) groups excluding carboxylic acids is 1. The van der Waals surface area contributed by atoms with Gasteiger partial charge >= 0.3 is 0 Å². The maximum atomic E-state index is 11.8. The zero-order valence-electron chi connectivity index (χ0n) is 13.3. The van der Waals surface area contributed by atoms with Gasteiger partial charge in [0.2, 0.25) is 5.91 Å². The van der Waals surface area contributed by atoms with Gasteiger partial charge in [0.15, 0.2) is 5.16 Å². The van der Waals surface area contributed by atoms with Crippen LogP contribution in [0, 0.1) is 5.92 Å². The van der Waals surface area contributed by atoms with E-state index in [1.807, 2.05) is 44.2 Å². The fourth-order valence-electron chi connectivity index (χ4n) is 1.91. The summed E-state index contributed by atoms with van der Waals surface area (Å²) in [6, 6.07) is 11.3. The normalized spacial score (nSPS) is 10.7. The lowest BCUT2D eigenvalue weighted by Gasteiger charge is -2.08. The van der Waals surface area contributed by atoms with Crippen molar-refractivity contribution in [3.63, 3.8) is 0 Å². The zero-order valence-corrected chi connectivity index (χ0v) is 14.2. The lowest BCUT2D eigenvalue weighted by Crippen LogP contribution is -2.29. The third kappa shape index (κ3) is 6.28. The molecule has 0 saturated carbocycles. The SMILES string of the molecule is CC(C)CNC(=O)Cc1cc(=O)[nH]c(SCc2ccccc2)n1. The van der Waals surface area contributed by atoms with Crippen LogP contribution in [-0.4, -0.2) is 22.4 Å². The number of rotatable bonds is 7. The van der Waals surface area contributed by atoms with E-state index in [0.29, 0.717) is 29.1 Å². The summed E-state index contributed by atoms with van der Waals surface area (Å²) in [4.78, 5) is 30.6. The van der Waals surface area contributed by atoms with E-state index in [1.54, 1.807) is 0 Å². The molecule has 0 unspecified atom stereocenters. The Bertz CT molecular complexity index is 698. The molecule has 1 heterocycles. The van der Waals surface area contributed by atoms with Gasteiger partial charge in [0.1, 0.15) is 0 Å². The maximum absolute atomic E-state index is 11.8. The molecule has 0 bridgehead atoms. The summed E-state index contributed by atoms with van der Waals surface area (Å²) < 4.78 is 0. The third-order valence-electron chi connectivity index (χ3n) is 3.04. The van der Waals surface area contributed by atoms with Crippen molar-refractivity contribution in [3.8, 4) is 0 Å². The van der Waals surface area contributed by atoms with Crippen molar-refractivity contribution in [1.29, 1.82) is 0 Å². The lowest BCUT2D eigenvalue weighted by molar-refractivity contribution is -0.120. The highest BCUT2D eigenvalue weighted by Crippen LogP contribution is 2.18. The summed E-state index contributed by atoms with van der Waals surface area (Å²) >= 11 is 1.45. The van der Waals surface area contributed by atoms with Gasteiger partial charge < -0.3 is 10.3 Å². The second kappa shape index (κ2) is 8.53. The van der Waals surface area contributed by atoms with Crippen LogP contribution in [0.4, 0.5) is 0 Å². The number of hydrogen-bond donors (Lipinski definition) is 2. The van der Waals surface area contributed by atoms with Crippen LogP contribution in [0.1, 0.15) is 25.1 Å². The first-order valence-corrected chi connectivity index (χ1v) is 8.55. The molecule has 0 spiro atoms. The van der Waals surface area contributed by atoms with Crippen LogP contribution in [0.25, 0.3) is 0 Å². The molecule has 122 valence electrons. The van der Waals surface area contributed by atoms with Gasteiger partial charge in [0, 0.05) is 18.4 Å². The number of nitrogens with zero attached hydrogens (tertiary/aromatic N) is 1. The number of nitrogens with one attached hydrogen (secondary N) is 2. The average Bonchev–Trinajstić information content (AvgIpc) is 2.51. The molecular weight excluding hydrogens is 310 g/mol. The fraction of sp³-hybridized carbons (Fsp3) is 0.353. The molecule has 2 N–H and O–H groups in total. The lowest BCUT2D eigenvalue weighted by atomic mass is 10.2. The van der Waals surface area contributed by atoms with Crippen molar-refractivity contribution in [2.75, 3.05) is 6.54 Å². The molecule has 0 atom stereocenters. The van der Waals surface area contributed by atoms with E-state index in [0.717, 1.165) is 5.56 Å². The van der Waals surface area contributed by atoms with E-state index in [2.05, 4.69) is 15.3 Å². The summed E-state index contributed by atoms with van der Waals surface area (Å²) in [5.74, 6) is 0.992. The first-order chi connectivity index (χ1) is 11.0. The van der Waals surface area contributed by atoms with E-state index < -0.39 is 0 Å². The minimum absolute atomic E-state index is 0.115. The first-order valence-electron chi connectivity index (χ1n) is 7.56. The van der Waals surface area contributed by atoms with Gasteiger partial charge in [-0.1, -0.05) is 55.9 Å². The number of amides is 1. The Labute approximate surface area is 139 Å². The Balaban J connectivity index is 1.98. The minimum atomic E-state index is -0.234. The predicted octanol–water partition coefficient (Wildman–Crippen LogP) is 2.38. The molecule has 0 aliphatic rings. The van der Waals surface area contributed by atoms with Crippen LogP contribution in [0.15, 0.2) is 46.3 Å². The number of H-pyrrole nitrogens is 1. The number of aromatic nitrogens is 2. The highest BCUT2D eigenvalue weighted by atomic mass is 32.2. The second-order valence-corrected chi connectivity index (χ2v) is 6.65. The van der Waals surface area contributed by atoms with E-state index >= 15 is 0 Å². The molecule has 0 aliphatic heterocycles. The van der Waals surface area contributed by atoms with Crippen molar-refractivity contribution in [3.05, 3.63) is 58.0 Å². The molecule has 6 heteroatoms. The fourth-order valence-corrected chi connectivity index (χ4v) is 2.76. The smallest absolute Gasteiger partial charge is 0.251 e. The predicted molar refractivity (Wildman–Crippen MR) is 92.4 cm³/mol.